The molecule has 0 unspecified atom stereocenters. The van der Waals surface area contributed by atoms with E-state index in [2.05, 4.69) is 0 Å². The molecule has 1 rings (SSSR count). The molecule has 0 spiro atoms. The van der Waals surface area contributed by atoms with Crippen molar-refractivity contribution >= 4 is 19.2 Å². The summed E-state index contributed by atoms with van der Waals surface area (Å²) in [6, 6.07) is 2.17. The zero-order valence-electron chi connectivity index (χ0n) is 7.57. The molecule has 0 aromatic heterocycles. The fourth-order valence-corrected chi connectivity index (χ4v) is 1.08. The molecule has 0 aliphatic carbocycles. The number of nitrogens with two attached hydrogens (primary N) is 1. The van der Waals surface area contributed by atoms with Gasteiger partial charge in [0.25, 0.3) is 0 Å². The van der Waals surface area contributed by atoms with Crippen molar-refractivity contribution in [3.63, 3.8) is 0 Å². The molecule has 4 heteroatoms. The van der Waals surface area contributed by atoms with Gasteiger partial charge in [0, 0.05) is 11.8 Å². The molecule has 0 bridgehead atoms. The Kier molecular flexibility index (Phi) is 4.20. The van der Waals surface area contributed by atoms with E-state index >= 15 is 0 Å². The average Bonchev–Trinajstić information content (AvgIpc) is 1.96. The average molecular weight is 205 g/mol. The lowest BCUT2D eigenvalue weighted by Crippen LogP contribution is -1.99. The van der Waals surface area contributed by atoms with Gasteiger partial charge in [0.05, 0.1) is 0 Å². The number of benzene rings is 1. The van der Waals surface area contributed by atoms with Crippen LogP contribution in [0.5, 0.6) is 0 Å². The normalized spacial score (nSPS) is 9.92. The molecule has 2 N–H and O–H groups in total. The smallest absolute Gasteiger partial charge is 0.160 e. The van der Waals surface area contributed by atoms with Crippen LogP contribution < -0.4 is 5.73 Å². The van der Waals surface area contributed by atoms with Crippen LogP contribution in [-0.4, -0.2) is 0 Å². The highest BCUT2D eigenvalue weighted by atomic mass is 32.1. The molecular formula is C9H13F2NS. The number of halogens is 2. The van der Waals surface area contributed by atoms with Crippen molar-refractivity contribution in [2.24, 2.45) is 0 Å². The second-order valence-corrected chi connectivity index (χ2v) is 3.05. The first-order chi connectivity index (χ1) is 5.52. The molecule has 1 aromatic carbocycles. The van der Waals surface area contributed by atoms with E-state index in [0.717, 1.165) is 12.1 Å². The minimum absolute atomic E-state index is 0. The number of hydrogen-bond donors (Lipinski definition) is 1. The first-order valence-corrected chi connectivity index (χ1v) is 3.76. The van der Waals surface area contributed by atoms with Crippen LogP contribution >= 0.6 is 13.5 Å². The minimum Gasteiger partial charge on any atom is -0.398 e. The molecule has 0 amide bonds. The minimum atomic E-state index is -0.892. The predicted molar refractivity (Wildman–Crippen MR) is 55.2 cm³/mol. The van der Waals surface area contributed by atoms with E-state index in [1.165, 1.54) is 0 Å². The van der Waals surface area contributed by atoms with Gasteiger partial charge in [0.15, 0.2) is 11.6 Å². The van der Waals surface area contributed by atoms with Gasteiger partial charge in [-0.05, 0) is 17.5 Å². The van der Waals surface area contributed by atoms with Crippen molar-refractivity contribution in [1.29, 1.82) is 0 Å². The molecule has 0 saturated carbocycles. The molecule has 0 heterocycles. The summed E-state index contributed by atoms with van der Waals surface area (Å²) in [5.74, 6) is -1.62. The quantitative estimate of drug-likeness (QED) is 0.701. The van der Waals surface area contributed by atoms with Crippen LogP contribution in [0.1, 0.15) is 25.3 Å². The predicted octanol–water partition coefficient (Wildman–Crippen LogP) is 2.78. The summed E-state index contributed by atoms with van der Waals surface area (Å²) in [5, 5.41) is 0. The van der Waals surface area contributed by atoms with E-state index in [9.17, 15) is 8.78 Å². The maximum absolute atomic E-state index is 12.7. The van der Waals surface area contributed by atoms with Gasteiger partial charge >= 0.3 is 0 Å². The van der Waals surface area contributed by atoms with Crippen LogP contribution in [0.4, 0.5) is 14.5 Å². The van der Waals surface area contributed by atoms with Crippen molar-refractivity contribution < 1.29 is 8.78 Å². The Bertz CT molecular complexity index is 300. The summed E-state index contributed by atoms with van der Waals surface area (Å²) < 4.78 is 25.3. The maximum Gasteiger partial charge on any atom is 0.160 e. The molecule has 13 heavy (non-hydrogen) atoms. The molecule has 74 valence electrons. The van der Waals surface area contributed by atoms with Gasteiger partial charge in [-0.25, -0.2) is 8.78 Å². The van der Waals surface area contributed by atoms with Gasteiger partial charge in [0.1, 0.15) is 0 Å². The fraction of sp³-hybridized carbons (Fsp3) is 0.333. The Balaban J connectivity index is 0.00000144. The number of anilines is 1. The van der Waals surface area contributed by atoms with Crippen LogP contribution in [0.2, 0.25) is 0 Å². The lowest BCUT2D eigenvalue weighted by molar-refractivity contribution is 0.507. The Morgan fingerprint density at radius 3 is 2.08 bits per heavy atom. The zero-order valence-corrected chi connectivity index (χ0v) is 8.57. The Hall–Kier alpha value is -0.770. The van der Waals surface area contributed by atoms with E-state index in [0.29, 0.717) is 11.3 Å². The van der Waals surface area contributed by atoms with Crippen molar-refractivity contribution in [1.82, 2.24) is 0 Å². The van der Waals surface area contributed by atoms with Gasteiger partial charge in [0.2, 0.25) is 0 Å². The molecule has 1 nitrogen and oxygen atoms in total. The first kappa shape index (κ1) is 12.2. The summed E-state index contributed by atoms with van der Waals surface area (Å²) >= 11 is 0. The molecular weight excluding hydrogens is 192 g/mol. The molecule has 0 fully saturated rings. The topological polar surface area (TPSA) is 26.0 Å². The molecule has 0 aliphatic heterocycles. The van der Waals surface area contributed by atoms with Gasteiger partial charge in [-0.15, -0.1) is 0 Å². The molecule has 0 radical (unpaired) electrons. The fourth-order valence-electron chi connectivity index (χ4n) is 1.08. The van der Waals surface area contributed by atoms with Gasteiger partial charge < -0.3 is 5.73 Å². The zero-order chi connectivity index (χ0) is 9.30. The van der Waals surface area contributed by atoms with Crippen LogP contribution in [0, 0.1) is 11.6 Å². The second-order valence-electron chi connectivity index (χ2n) is 3.05. The van der Waals surface area contributed by atoms with E-state index < -0.39 is 11.6 Å². The summed E-state index contributed by atoms with van der Waals surface area (Å²) in [5.41, 5.74) is 6.44. The summed E-state index contributed by atoms with van der Waals surface area (Å²) in [6.07, 6.45) is 0. The van der Waals surface area contributed by atoms with Gasteiger partial charge in [-0.2, -0.15) is 13.5 Å². The molecule has 0 saturated heterocycles. The van der Waals surface area contributed by atoms with E-state index in [-0.39, 0.29) is 19.4 Å². The van der Waals surface area contributed by atoms with Crippen LogP contribution in [0.3, 0.4) is 0 Å². The molecule has 0 atom stereocenters. The summed E-state index contributed by atoms with van der Waals surface area (Å²) in [6.45, 7) is 3.76. The van der Waals surface area contributed by atoms with Crippen LogP contribution in [0.15, 0.2) is 12.1 Å². The number of nitrogen functional groups attached to an aromatic ring is 1. The number of rotatable bonds is 1. The standard InChI is InChI=1S/C9H11F2N.H2S/c1-5(2)6-3-7(10)8(11)4-9(6)12;/h3-5H,12H2,1-2H3;1H2. The Labute approximate surface area is 83.4 Å². The van der Waals surface area contributed by atoms with Crippen molar-refractivity contribution in [2.45, 2.75) is 19.8 Å². The molecule has 0 aliphatic rings. The highest BCUT2D eigenvalue weighted by Crippen LogP contribution is 2.23. The van der Waals surface area contributed by atoms with Crippen molar-refractivity contribution in [3.8, 4) is 0 Å². The lowest BCUT2D eigenvalue weighted by atomic mass is 10.0. The molecule has 1 aromatic rings. The SMILES string of the molecule is CC(C)c1cc(F)c(F)cc1N.S. The third-order valence-electron chi connectivity index (χ3n) is 1.75. The van der Waals surface area contributed by atoms with Gasteiger partial charge in [-0.1, -0.05) is 13.8 Å². The maximum atomic E-state index is 12.7. The first-order valence-electron chi connectivity index (χ1n) is 3.76. The Morgan fingerprint density at radius 2 is 1.62 bits per heavy atom. The third kappa shape index (κ3) is 2.59. The van der Waals surface area contributed by atoms with Crippen LogP contribution in [-0.2, 0) is 0 Å². The van der Waals surface area contributed by atoms with Crippen molar-refractivity contribution in [3.05, 3.63) is 29.3 Å². The highest BCUT2D eigenvalue weighted by Gasteiger charge is 2.09. The summed E-state index contributed by atoms with van der Waals surface area (Å²) in [7, 11) is 0. The number of hydrogen-bond acceptors (Lipinski definition) is 1. The van der Waals surface area contributed by atoms with E-state index in [4.69, 9.17) is 5.73 Å². The summed E-state index contributed by atoms with van der Waals surface area (Å²) in [4.78, 5) is 0. The van der Waals surface area contributed by atoms with E-state index in [1.807, 2.05) is 13.8 Å². The van der Waals surface area contributed by atoms with Gasteiger partial charge in [-0.3, -0.25) is 0 Å². The second kappa shape index (κ2) is 4.46. The van der Waals surface area contributed by atoms with Crippen molar-refractivity contribution in [2.75, 3.05) is 5.73 Å². The monoisotopic (exact) mass is 205 g/mol. The van der Waals surface area contributed by atoms with Crippen LogP contribution in [0.25, 0.3) is 0 Å². The van der Waals surface area contributed by atoms with E-state index in [1.54, 1.807) is 0 Å². The highest BCUT2D eigenvalue weighted by molar-refractivity contribution is 7.59. The Morgan fingerprint density at radius 1 is 1.15 bits per heavy atom. The largest absolute Gasteiger partial charge is 0.398 e. The lowest BCUT2D eigenvalue weighted by Gasteiger charge is -2.09. The third-order valence-corrected chi connectivity index (χ3v) is 1.75.